The van der Waals surface area contributed by atoms with Crippen molar-refractivity contribution in [1.82, 2.24) is 0 Å². The van der Waals surface area contributed by atoms with Crippen molar-refractivity contribution in [3.8, 4) is 33.4 Å². The molecule has 0 bridgehead atoms. The van der Waals surface area contributed by atoms with E-state index in [1.165, 1.54) is 76.8 Å². The molecule has 0 saturated heterocycles. The fraction of sp³-hybridized carbons (Fsp3) is 0.117. The summed E-state index contributed by atoms with van der Waals surface area (Å²) in [5, 5.41) is 10.7. The first-order chi connectivity index (χ1) is 39.8. The number of benzene rings is 12. The summed E-state index contributed by atoms with van der Waals surface area (Å²) in [4.78, 5) is 4.77. The van der Waals surface area contributed by atoms with E-state index in [9.17, 15) is 0 Å². The summed E-state index contributed by atoms with van der Waals surface area (Å²) in [6.07, 6.45) is 0. The lowest BCUT2D eigenvalue weighted by Gasteiger charge is -2.27. The van der Waals surface area contributed by atoms with Gasteiger partial charge < -0.3 is 18.6 Å². The molecule has 2 aromatic heterocycles. The van der Waals surface area contributed by atoms with Gasteiger partial charge in [0, 0.05) is 60.8 Å². The molecule has 0 N–H and O–H groups in total. The largest absolute Gasteiger partial charge is 0.453 e. The zero-order chi connectivity index (χ0) is 55.8. The Hall–Kier alpha value is -9.42. The average molecular weight is 1080 g/mol. The molecule has 1 aliphatic rings. The summed E-state index contributed by atoms with van der Waals surface area (Å²) < 4.78 is 14.2. The van der Waals surface area contributed by atoms with Crippen molar-refractivity contribution in [3.05, 3.63) is 258 Å². The van der Waals surface area contributed by atoms with E-state index in [1.807, 2.05) is 0 Å². The van der Waals surface area contributed by atoms with Gasteiger partial charge in [-0.3, -0.25) is 0 Å². The van der Waals surface area contributed by atoms with Gasteiger partial charge in [-0.15, -0.1) is 0 Å². The van der Waals surface area contributed by atoms with Crippen molar-refractivity contribution in [3.63, 3.8) is 0 Å². The highest BCUT2D eigenvalue weighted by atomic mass is 28.3. The third kappa shape index (κ3) is 7.85. The summed E-state index contributed by atoms with van der Waals surface area (Å²) in [7, 11) is -1.57. The normalized spacial score (nSPS) is 13.0. The molecule has 0 saturated carbocycles. The lowest BCUT2D eigenvalue weighted by Crippen LogP contribution is -2.37. The second-order valence-corrected chi connectivity index (χ2v) is 29.4. The predicted molar refractivity (Wildman–Crippen MR) is 351 cm³/mol. The molecule has 0 atom stereocenters. The average Bonchev–Trinajstić information content (AvgIpc) is 3.15. The van der Waals surface area contributed by atoms with Crippen molar-refractivity contribution >= 4 is 113 Å². The van der Waals surface area contributed by atoms with Crippen LogP contribution in [0.5, 0.6) is 0 Å². The Balaban J connectivity index is 0.846. The Morgan fingerprint density at radius 1 is 0.329 bits per heavy atom. The van der Waals surface area contributed by atoms with Gasteiger partial charge in [-0.2, -0.15) is 0 Å². The first-order valence-electron chi connectivity index (χ1n) is 28.7. The maximum absolute atomic E-state index is 7.15. The molecule has 396 valence electrons. The Morgan fingerprint density at radius 2 is 0.720 bits per heavy atom. The quantitative estimate of drug-likeness (QED) is 0.135. The molecular weight excluding hydrogens is 1010 g/mol. The molecule has 0 radical (unpaired) electrons. The van der Waals surface area contributed by atoms with Crippen molar-refractivity contribution < 1.29 is 8.83 Å². The maximum Gasteiger partial charge on any atom is 0.159 e. The van der Waals surface area contributed by atoms with Crippen LogP contribution in [0.3, 0.4) is 0 Å². The highest BCUT2D eigenvalue weighted by Gasteiger charge is 2.36. The van der Waals surface area contributed by atoms with Gasteiger partial charge in [-0.1, -0.05) is 190 Å². The minimum absolute atomic E-state index is 0.272. The summed E-state index contributed by atoms with van der Waals surface area (Å²) in [5.41, 5.74) is 23.1. The Kier molecular flexibility index (Phi) is 11.2. The molecule has 0 fully saturated rings. The summed E-state index contributed by atoms with van der Waals surface area (Å²) in [6.45, 7) is 18.5. The second kappa shape index (κ2) is 18.6. The lowest BCUT2D eigenvalue weighted by molar-refractivity contribution is 0.662. The zero-order valence-electron chi connectivity index (χ0n) is 47.7. The zero-order valence-corrected chi connectivity index (χ0v) is 48.7. The molecule has 14 aromatic rings. The van der Waals surface area contributed by atoms with Crippen molar-refractivity contribution in [1.29, 1.82) is 0 Å². The topological polar surface area (TPSA) is 32.8 Å². The molecule has 12 aromatic carbocycles. The molecule has 82 heavy (non-hydrogen) atoms. The number of fused-ring (bicyclic) bond motifs is 11. The third-order valence-electron chi connectivity index (χ3n) is 17.7. The van der Waals surface area contributed by atoms with E-state index < -0.39 is 8.07 Å². The number of hydrogen-bond acceptors (Lipinski definition) is 4. The molecule has 15 rings (SSSR count). The third-order valence-corrected chi connectivity index (χ3v) is 19.8. The van der Waals surface area contributed by atoms with Gasteiger partial charge in [0.25, 0.3) is 0 Å². The summed E-state index contributed by atoms with van der Waals surface area (Å²) in [5.74, 6) is 0. The maximum atomic E-state index is 7.15. The lowest BCUT2D eigenvalue weighted by atomic mass is 9.81. The second-order valence-electron chi connectivity index (χ2n) is 24.3. The van der Waals surface area contributed by atoms with Crippen LogP contribution in [0, 0.1) is 20.8 Å². The van der Waals surface area contributed by atoms with E-state index in [4.69, 9.17) is 8.83 Å². The fourth-order valence-corrected chi connectivity index (χ4v) is 14.4. The summed E-state index contributed by atoms with van der Waals surface area (Å²) >= 11 is 0. The van der Waals surface area contributed by atoms with Crippen molar-refractivity contribution in [2.45, 2.75) is 59.7 Å². The van der Waals surface area contributed by atoms with E-state index in [0.717, 1.165) is 89.1 Å². The fourth-order valence-electron chi connectivity index (χ4n) is 13.3. The molecule has 5 heteroatoms. The van der Waals surface area contributed by atoms with Gasteiger partial charge in [0.05, 0.1) is 19.4 Å². The van der Waals surface area contributed by atoms with Gasteiger partial charge in [0.1, 0.15) is 11.2 Å². The van der Waals surface area contributed by atoms with Crippen LogP contribution in [0.4, 0.5) is 34.1 Å². The molecule has 2 heterocycles. The minimum atomic E-state index is -1.57. The van der Waals surface area contributed by atoms with Crippen LogP contribution >= 0.6 is 0 Å². The Bertz CT molecular complexity index is 4920. The molecule has 0 aliphatic heterocycles. The van der Waals surface area contributed by atoms with Crippen LogP contribution in [-0.2, 0) is 5.41 Å². The van der Waals surface area contributed by atoms with Crippen LogP contribution in [0.25, 0.3) is 98.8 Å². The highest BCUT2D eigenvalue weighted by molar-refractivity contribution is 6.88. The van der Waals surface area contributed by atoms with Gasteiger partial charge in [-0.25, -0.2) is 0 Å². The van der Waals surface area contributed by atoms with Gasteiger partial charge in [0.2, 0.25) is 0 Å². The Labute approximate surface area is 480 Å². The first kappa shape index (κ1) is 49.6. The van der Waals surface area contributed by atoms with Crippen LogP contribution in [0.15, 0.2) is 239 Å². The van der Waals surface area contributed by atoms with Crippen LogP contribution in [0.2, 0.25) is 19.6 Å². The van der Waals surface area contributed by atoms with Gasteiger partial charge >= 0.3 is 0 Å². The molecule has 1 aliphatic carbocycles. The van der Waals surface area contributed by atoms with Gasteiger partial charge in [-0.05, 0) is 172 Å². The number of furan rings is 2. The predicted octanol–water partition coefficient (Wildman–Crippen LogP) is 21.8. The van der Waals surface area contributed by atoms with E-state index in [1.54, 1.807) is 0 Å². The molecule has 4 nitrogen and oxygen atoms in total. The van der Waals surface area contributed by atoms with E-state index in [-0.39, 0.29) is 5.41 Å². The van der Waals surface area contributed by atoms with E-state index >= 15 is 0 Å². The smallest absolute Gasteiger partial charge is 0.159 e. The molecular formula is C77H62N2O2Si. The molecule has 0 spiro atoms. The van der Waals surface area contributed by atoms with Crippen molar-refractivity contribution in [2.75, 3.05) is 9.80 Å². The van der Waals surface area contributed by atoms with Crippen molar-refractivity contribution in [2.24, 2.45) is 0 Å². The Morgan fingerprint density at radius 3 is 1.16 bits per heavy atom. The number of rotatable bonds is 9. The van der Waals surface area contributed by atoms with Crippen LogP contribution < -0.4 is 15.0 Å². The summed E-state index contributed by atoms with van der Waals surface area (Å²) in [6, 6.07) is 85.2. The minimum Gasteiger partial charge on any atom is -0.453 e. The first-order valence-corrected chi connectivity index (χ1v) is 32.2. The van der Waals surface area contributed by atoms with Gasteiger partial charge in [0.15, 0.2) is 11.2 Å². The number of aryl methyl sites for hydroxylation is 3. The SMILES string of the molecule is Cc1ccc(N(c2ccc3cc4c(cc3c2)C(C)(C)c2cc3cc(N(c5ccc([Si](C)(C)C)cc5)c5cccc6c5oc5c(-c7ccccc7C)cccc56)ccc3cc2-4)c2cccc3c2oc2c(-c4ccccc4C)cccc23)cc1. The monoisotopic (exact) mass is 1070 g/mol. The number of hydrogen-bond donors (Lipinski definition) is 0. The van der Waals surface area contributed by atoms with E-state index in [0.29, 0.717) is 0 Å². The highest BCUT2D eigenvalue weighted by Crippen LogP contribution is 2.53. The number of anilines is 6. The number of para-hydroxylation sites is 4. The van der Waals surface area contributed by atoms with E-state index in [2.05, 4.69) is 295 Å². The number of nitrogens with zero attached hydrogens (tertiary/aromatic N) is 2. The molecule has 0 amide bonds. The standard InChI is InChI=1S/C77H62N2O2Si/c1-47-29-33-54(34-30-47)78(71-27-15-25-65-63-23-13-21-61(73(63)80-75(65)71)59-19-11-9-17-48(59)2)56-35-31-50-43-67-68-44-51-32-36-57(42-53(51)46-70(68)77(4,5)69(67)45-52(50)41-56)79(55-37-39-58(40-38-55)82(6,7)8)72-28-16-26-66-64-24-14-22-62(74(64)81-76(66)72)60-20-12-10-18-49(60)3/h9-46H,1-8H3. The molecule has 0 unspecified atom stereocenters. The van der Waals surface area contributed by atoms with Crippen LogP contribution in [-0.4, -0.2) is 8.07 Å². The van der Waals surface area contributed by atoms with Crippen LogP contribution in [0.1, 0.15) is 41.7 Å².